The number of allylic oxidation sites excluding steroid dienone is 24. The van der Waals surface area contributed by atoms with Gasteiger partial charge in [-0.25, -0.2) is 0 Å². The van der Waals surface area contributed by atoms with Crippen molar-refractivity contribution in [3.63, 3.8) is 0 Å². The van der Waals surface area contributed by atoms with Crippen LogP contribution < -0.4 is 5.11 Å². The molecule has 0 saturated carbocycles. The normalized spacial score (nSPS) is 13.5. The number of ether oxygens (including phenoxy) is 4. The van der Waals surface area contributed by atoms with Crippen molar-refractivity contribution >= 4 is 17.9 Å². The fraction of sp³-hybridized carbons (Fsp3) is 0.671. The Morgan fingerprint density at radius 2 is 0.593 bits per heavy atom. The van der Waals surface area contributed by atoms with Crippen LogP contribution in [0.5, 0.6) is 0 Å². The largest absolute Gasteiger partial charge is 0.545 e. The molecule has 0 heterocycles. The number of quaternary nitrogens is 1. The molecule has 9 nitrogen and oxygen atoms in total. The molecule has 2 unspecified atom stereocenters. The van der Waals surface area contributed by atoms with E-state index in [0.717, 1.165) is 116 Å². The summed E-state index contributed by atoms with van der Waals surface area (Å²) >= 11 is 0. The zero-order valence-corrected chi connectivity index (χ0v) is 59.2. The van der Waals surface area contributed by atoms with Crippen molar-refractivity contribution in [2.75, 3.05) is 47.5 Å². The molecule has 0 aromatic rings. The van der Waals surface area contributed by atoms with Gasteiger partial charge < -0.3 is 33.3 Å². The lowest BCUT2D eigenvalue weighted by atomic mass is 10.0. The van der Waals surface area contributed by atoms with Crippen molar-refractivity contribution in [2.45, 2.75) is 309 Å². The number of carbonyl (C=O) groups is 3. The Morgan fingerprint density at radius 3 is 0.879 bits per heavy atom. The summed E-state index contributed by atoms with van der Waals surface area (Å²) in [5.74, 6) is -2.28. The Kier molecular flexibility index (Phi) is 67.3. The monoisotopic (exact) mass is 1260 g/mol. The van der Waals surface area contributed by atoms with Crippen LogP contribution in [0.25, 0.3) is 0 Å². The van der Waals surface area contributed by atoms with Crippen molar-refractivity contribution in [3.8, 4) is 0 Å². The molecule has 0 bridgehead atoms. The van der Waals surface area contributed by atoms with E-state index in [1.165, 1.54) is 148 Å². The first-order chi connectivity index (χ1) is 44.6. The minimum absolute atomic E-state index is 0.142. The van der Waals surface area contributed by atoms with Crippen molar-refractivity contribution in [3.05, 3.63) is 146 Å². The molecule has 0 rings (SSSR count). The number of aliphatic carboxylic acids is 1. The molecule has 91 heavy (non-hydrogen) atoms. The average Bonchev–Trinajstić information content (AvgIpc) is 3.63. The maximum absolute atomic E-state index is 13.0. The molecular formula is C82H137NO8. The van der Waals surface area contributed by atoms with E-state index in [4.69, 9.17) is 18.9 Å². The van der Waals surface area contributed by atoms with Crippen molar-refractivity contribution in [1.29, 1.82) is 0 Å². The lowest BCUT2D eigenvalue weighted by molar-refractivity contribution is -0.870. The van der Waals surface area contributed by atoms with Crippen LogP contribution in [-0.4, -0.2) is 82.3 Å². The second kappa shape index (κ2) is 71.0. The third-order valence-electron chi connectivity index (χ3n) is 15.6. The number of hydrogen-bond donors (Lipinski definition) is 0. The first-order valence-electron chi connectivity index (χ1n) is 37.0. The van der Waals surface area contributed by atoms with Gasteiger partial charge in [-0.3, -0.25) is 9.59 Å². The number of carbonyl (C=O) groups excluding carboxylic acids is 3. The molecule has 0 aromatic carbocycles. The van der Waals surface area contributed by atoms with E-state index in [2.05, 4.69) is 160 Å². The number of carboxylic acids is 1. The van der Waals surface area contributed by atoms with E-state index in [-0.39, 0.29) is 38.6 Å². The predicted octanol–water partition coefficient (Wildman–Crippen LogP) is 22.1. The van der Waals surface area contributed by atoms with Crippen molar-refractivity contribution in [2.24, 2.45) is 0 Å². The molecule has 518 valence electrons. The number of rotatable bonds is 67. The summed E-state index contributed by atoms with van der Waals surface area (Å²) in [7, 11) is 5.93. The molecule has 0 aliphatic carbocycles. The summed E-state index contributed by atoms with van der Waals surface area (Å²) in [4.78, 5) is 37.6. The summed E-state index contributed by atoms with van der Waals surface area (Å²) in [5.41, 5.74) is 0. The average molecular weight is 1260 g/mol. The predicted molar refractivity (Wildman–Crippen MR) is 389 cm³/mol. The molecule has 0 N–H and O–H groups in total. The summed E-state index contributed by atoms with van der Waals surface area (Å²) in [6.07, 6.45) is 101. The highest BCUT2D eigenvalue weighted by atomic mass is 16.7. The number of hydrogen-bond acceptors (Lipinski definition) is 8. The third kappa shape index (κ3) is 72.5. The minimum Gasteiger partial charge on any atom is -0.545 e. The lowest BCUT2D eigenvalue weighted by Gasteiger charge is -2.26. The van der Waals surface area contributed by atoms with E-state index in [1.807, 2.05) is 21.1 Å². The molecule has 0 radical (unpaired) electrons. The molecular weight excluding hydrogens is 1130 g/mol. The second-order valence-corrected chi connectivity index (χ2v) is 25.5. The molecule has 0 aliphatic heterocycles. The maximum Gasteiger partial charge on any atom is 0.306 e. The van der Waals surface area contributed by atoms with Crippen LogP contribution in [0.4, 0.5) is 0 Å². The van der Waals surface area contributed by atoms with Gasteiger partial charge in [-0.1, -0.05) is 314 Å². The molecule has 0 aromatic heterocycles. The van der Waals surface area contributed by atoms with Gasteiger partial charge in [0.05, 0.1) is 40.3 Å². The van der Waals surface area contributed by atoms with Gasteiger partial charge in [0.1, 0.15) is 13.2 Å². The highest BCUT2D eigenvalue weighted by molar-refractivity contribution is 5.70. The number of nitrogens with zero attached hydrogens (tertiary/aromatic N) is 1. The van der Waals surface area contributed by atoms with E-state index >= 15 is 0 Å². The molecule has 0 fully saturated rings. The van der Waals surface area contributed by atoms with E-state index < -0.39 is 24.3 Å². The van der Waals surface area contributed by atoms with Gasteiger partial charge in [0.2, 0.25) is 0 Å². The SMILES string of the molecule is CC/C=C\C/C=C\C/C=C\C/C=C\C/C=C\C/C=C\CCCCCCCCCCCCCCCCC(=O)OCC(COC(OCC[N+](C)(C)C)C(=O)[O-])OC(=O)CCCCCCCCCCCCCCCC/C=C\C/C=C\C/C=C\C/C=C\C/C=C\C/C=C\CC. The fourth-order valence-electron chi connectivity index (χ4n) is 10.0. The standard InChI is InChI=1S/C82H137NO8/c1-6-8-10-12-14-16-18-20-22-24-26-28-30-32-34-36-38-40-42-44-46-48-50-52-54-56-58-60-62-64-66-68-70-72-79(84)89-76-78(77-90-82(81(86)87)88-75-74-83(3,4)5)91-80(85)73-71-69-67-65-63-61-59-57-55-53-51-49-47-45-43-41-39-37-35-33-31-29-27-25-23-21-19-17-15-13-11-9-7-2/h8-11,14-17,20-23,26-29,32-35,38-41,78,82H,6-7,12-13,18-19,24-25,30-31,36-37,42-77H2,1-5H3/b10-8-,11-9-,16-14-,17-15-,22-20-,23-21-,28-26-,29-27-,34-32-,35-33-,40-38-,41-39-. The van der Waals surface area contributed by atoms with Crippen LogP contribution in [0.2, 0.25) is 0 Å². The smallest absolute Gasteiger partial charge is 0.306 e. The van der Waals surface area contributed by atoms with E-state index in [0.29, 0.717) is 17.4 Å². The quantitative estimate of drug-likeness (QED) is 0.0195. The van der Waals surface area contributed by atoms with Gasteiger partial charge in [0, 0.05) is 12.8 Å². The molecule has 0 amide bonds. The van der Waals surface area contributed by atoms with Gasteiger partial charge in [-0.2, -0.15) is 0 Å². The van der Waals surface area contributed by atoms with Gasteiger partial charge in [-0.05, 0) is 116 Å². The van der Waals surface area contributed by atoms with E-state index in [9.17, 15) is 19.5 Å². The summed E-state index contributed by atoms with van der Waals surface area (Å²) in [5, 5.41) is 11.8. The molecule has 0 aliphatic rings. The molecule has 9 heteroatoms. The molecule has 2 atom stereocenters. The number of unbranched alkanes of at least 4 members (excludes halogenated alkanes) is 28. The Bertz CT molecular complexity index is 2010. The maximum atomic E-state index is 13.0. The Hall–Kier alpha value is -4.83. The zero-order valence-electron chi connectivity index (χ0n) is 59.2. The first-order valence-corrected chi connectivity index (χ1v) is 37.0. The lowest BCUT2D eigenvalue weighted by Crippen LogP contribution is -2.44. The number of carboxylic acid groups (broad SMARTS) is 1. The fourth-order valence-corrected chi connectivity index (χ4v) is 10.0. The van der Waals surface area contributed by atoms with Crippen LogP contribution in [0.15, 0.2) is 146 Å². The van der Waals surface area contributed by atoms with Crippen LogP contribution in [0, 0.1) is 0 Å². The number of likely N-dealkylation sites (N-methyl/N-ethyl adjacent to an activating group) is 1. The summed E-state index contributed by atoms with van der Waals surface area (Å²) < 4.78 is 22.8. The highest BCUT2D eigenvalue weighted by Gasteiger charge is 2.22. The zero-order chi connectivity index (χ0) is 66.1. The summed E-state index contributed by atoms with van der Waals surface area (Å²) in [6.45, 7) is 4.53. The van der Waals surface area contributed by atoms with Crippen molar-refractivity contribution in [1.82, 2.24) is 0 Å². The summed E-state index contributed by atoms with van der Waals surface area (Å²) in [6, 6.07) is 0. The molecule has 0 spiro atoms. The van der Waals surface area contributed by atoms with Crippen LogP contribution in [-0.2, 0) is 33.3 Å². The highest BCUT2D eigenvalue weighted by Crippen LogP contribution is 2.17. The third-order valence-corrected chi connectivity index (χ3v) is 15.6. The minimum atomic E-state index is -1.63. The van der Waals surface area contributed by atoms with Gasteiger partial charge in [0.25, 0.3) is 0 Å². The van der Waals surface area contributed by atoms with Gasteiger partial charge in [0.15, 0.2) is 12.4 Å². The first kappa shape index (κ1) is 86.2. The van der Waals surface area contributed by atoms with Crippen LogP contribution in [0.3, 0.4) is 0 Å². The Labute approximate surface area is 560 Å². The van der Waals surface area contributed by atoms with Crippen molar-refractivity contribution < 1.29 is 42.9 Å². The number of esters is 2. The molecule has 0 saturated heterocycles. The Morgan fingerprint density at radius 1 is 0.330 bits per heavy atom. The van der Waals surface area contributed by atoms with E-state index in [1.54, 1.807) is 0 Å². The van der Waals surface area contributed by atoms with Gasteiger partial charge >= 0.3 is 11.9 Å². The topological polar surface area (TPSA) is 111 Å². The second-order valence-electron chi connectivity index (χ2n) is 25.5. The van der Waals surface area contributed by atoms with Crippen LogP contribution in [0.1, 0.15) is 296 Å². The van der Waals surface area contributed by atoms with Gasteiger partial charge in [-0.15, -0.1) is 0 Å². The van der Waals surface area contributed by atoms with Crippen LogP contribution >= 0.6 is 0 Å². The Balaban J connectivity index is 4.11.